The van der Waals surface area contributed by atoms with Crippen molar-refractivity contribution in [3.8, 4) is 0 Å². The second-order valence-corrected chi connectivity index (χ2v) is 7.53. The van der Waals surface area contributed by atoms with Crippen LogP contribution in [-0.2, 0) is 9.59 Å². The van der Waals surface area contributed by atoms with Crippen molar-refractivity contribution in [1.82, 2.24) is 15.2 Å². The summed E-state index contributed by atoms with van der Waals surface area (Å²) in [6.45, 7) is 5.72. The van der Waals surface area contributed by atoms with Crippen molar-refractivity contribution in [3.63, 3.8) is 0 Å². The molecule has 0 radical (unpaired) electrons. The van der Waals surface area contributed by atoms with E-state index in [-0.39, 0.29) is 24.2 Å². The van der Waals surface area contributed by atoms with Crippen molar-refractivity contribution in [3.05, 3.63) is 29.3 Å². The lowest BCUT2D eigenvalue weighted by atomic mass is 10.1. The Balaban J connectivity index is 1.50. The van der Waals surface area contributed by atoms with Crippen LogP contribution in [0.5, 0.6) is 0 Å². The molecule has 9 nitrogen and oxygen atoms in total. The molecule has 0 spiro atoms. The number of piperidine rings is 1. The van der Waals surface area contributed by atoms with Crippen LogP contribution >= 0.6 is 0 Å². The van der Waals surface area contributed by atoms with Crippen LogP contribution < -0.4 is 15.2 Å². The van der Waals surface area contributed by atoms with Crippen molar-refractivity contribution >= 4 is 35.1 Å². The van der Waals surface area contributed by atoms with E-state index in [0.29, 0.717) is 23.8 Å². The second kappa shape index (κ2) is 8.02. The van der Waals surface area contributed by atoms with Crippen LogP contribution in [0.4, 0.5) is 17.6 Å². The van der Waals surface area contributed by atoms with E-state index < -0.39 is 0 Å². The average Bonchev–Trinajstić information content (AvgIpc) is 3.19. The number of nitrogens with zero attached hydrogens (tertiary/aromatic N) is 5. The maximum absolute atomic E-state index is 12.7. The summed E-state index contributed by atoms with van der Waals surface area (Å²) in [6.07, 6.45) is 3.98. The van der Waals surface area contributed by atoms with Gasteiger partial charge in [-0.15, -0.1) is 5.10 Å². The molecule has 2 aliphatic rings. The summed E-state index contributed by atoms with van der Waals surface area (Å²) >= 11 is 0. The summed E-state index contributed by atoms with van der Waals surface area (Å²) < 4.78 is 0. The lowest BCUT2D eigenvalue weighted by Crippen LogP contribution is -2.36. The molecule has 2 N–H and O–H groups in total. The third-order valence-corrected chi connectivity index (χ3v) is 5.23. The normalized spacial score (nSPS) is 17.3. The van der Waals surface area contributed by atoms with Crippen LogP contribution in [0.1, 0.15) is 43.2 Å². The third-order valence-electron chi connectivity index (χ3n) is 5.23. The molecule has 152 valence electrons. The minimum Gasteiger partial charge on any atom is -0.340 e. The molecule has 0 unspecified atom stereocenters. The minimum atomic E-state index is -0.380. The fourth-order valence-electron chi connectivity index (χ4n) is 3.58. The quantitative estimate of drug-likeness (QED) is 0.827. The molecule has 4 rings (SSSR count). The van der Waals surface area contributed by atoms with Crippen molar-refractivity contribution in [2.24, 2.45) is 5.10 Å². The molecule has 2 aromatic rings. The number of hydrazone groups is 1. The van der Waals surface area contributed by atoms with E-state index in [9.17, 15) is 9.59 Å². The number of aromatic nitrogens is 3. The lowest BCUT2D eigenvalue weighted by molar-refractivity contribution is -0.118. The average molecular weight is 395 g/mol. The Morgan fingerprint density at radius 3 is 2.72 bits per heavy atom. The number of hydrogen-bond acceptors (Lipinski definition) is 6. The van der Waals surface area contributed by atoms with E-state index in [1.54, 1.807) is 0 Å². The standard InChI is InChI=1S/C20H25N7O2/c1-13-6-7-14(2)16(12-13)27-17(28)9-8-15(25-27)18(29)21-19-22-20(24-23-19)26-10-4-3-5-11-26/h6-7,12H,3-5,8-11H2,1-2H3,(H2,21,22,23,24,29). The zero-order chi connectivity index (χ0) is 20.4. The number of carbonyl (C=O) groups is 2. The Morgan fingerprint density at radius 1 is 1.14 bits per heavy atom. The van der Waals surface area contributed by atoms with Gasteiger partial charge in [0.25, 0.3) is 5.91 Å². The summed E-state index contributed by atoms with van der Waals surface area (Å²) in [6, 6.07) is 5.83. The maximum Gasteiger partial charge on any atom is 0.274 e. The molecule has 2 aliphatic heterocycles. The van der Waals surface area contributed by atoms with Gasteiger partial charge in [-0.1, -0.05) is 12.1 Å². The zero-order valence-electron chi connectivity index (χ0n) is 16.7. The number of carbonyl (C=O) groups excluding carboxylic acids is 2. The van der Waals surface area contributed by atoms with Crippen LogP contribution in [-0.4, -0.2) is 45.8 Å². The number of H-pyrrole nitrogens is 1. The summed E-state index contributed by atoms with van der Waals surface area (Å²) in [4.78, 5) is 31.6. The number of aryl methyl sites for hydroxylation is 2. The summed E-state index contributed by atoms with van der Waals surface area (Å²) in [5, 5.41) is 15.4. The van der Waals surface area contributed by atoms with Gasteiger partial charge in [0, 0.05) is 25.9 Å². The van der Waals surface area contributed by atoms with Crippen molar-refractivity contribution in [1.29, 1.82) is 0 Å². The van der Waals surface area contributed by atoms with Crippen LogP contribution in [0.15, 0.2) is 23.3 Å². The molecule has 1 aromatic carbocycles. The largest absolute Gasteiger partial charge is 0.340 e. The summed E-state index contributed by atoms with van der Waals surface area (Å²) in [7, 11) is 0. The number of anilines is 3. The van der Waals surface area contributed by atoms with Gasteiger partial charge >= 0.3 is 0 Å². The highest BCUT2D eigenvalue weighted by Gasteiger charge is 2.27. The smallest absolute Gasteiger partial charge is 0.274 e. The lowest BCUT2D eigenvalue weighted by Gasteiger charge is -2.25. The molecule has 2 amide bonds. The Hall–Kier alpha value is -3.23. The third kappa shape index (κ3) is 4.13. The van der Waals surface area contributed by atoms with Gasteiger partial charge in [-0.25, -0.2) is 10.1 Å². The predicted octanol–water partition coefficient (Wildman–Crippen LogP) is 2.53. The second-order valence-electron chi connectivity index (χ2n) is 7.53. The Bertz CT molecular complexity index is 959. The zero-order valence-corrected chi connectivity index (χ0v) is 16.7. The molecule has 0 atom stereocenters. The number of nitrogens with one attached hydrogen (secondary N) is 2. The Morgan fingerprint density at radius 2 is 1.93 bits per heavy atom. The maximum atomic E-state index is 12.7. The van der Waals surface area contributed by atoms with Gasteiger partial charge in [0.2, 0.25) is 17.8 Å². The van der Waals surface area contributed by atoms with Gasteiger partial charge in [-0.3, -0.25) is 14.9 Å². The van der Waals surface area contributed by atoms with Crippen molar-refractivity contribution in [2.45, 2.75) is 46.0 Å². The molecule has 29 heavy (non-hydrogen) atoms. The van der Waals surface area contributed by atoms with Gasteiger partial charge in [0.15, 0.2) is 0 Å². The number of aromatic amines is 1. The molecular weight excluding hydrogens is 370 g/mol. The topological polar surface area (TPSA) is 107 Å². The van der Waals surface area contributed by atoms with Gasteiger partial charge in [-0.2, -0.15) is 10.1 Å². The highest BCUT2D eigenvalue weighted by atomic mass is 16.2. The molecule has 0 bridgehead atoms. The van der Waals surface area contributed by atoms with E-state index in [1.165, 1.54) is 11.4 Å². The molecule has 1 saturated heterocycles. The first-order valence-electron chi connectivity index (χ1n) is 9.97. The minimum absolute atomic E-state index is 0.123. The molecule has 1 fully saturated rings. The van der Waals surface area contributed by atoms with E-state index in [0.717, 1.165) is 37.1 Å². The summed E-state index contributed by atoms with van der Waals surface area (Å²) in [5.74, 6) is 0.377. The highest BCUT2D eigenvalue weighted by molar-refractivity contribution is 6.44. The van der Waals surface area contributed by atoms with Gasteiger partial charge in [0.05, 0.1) is 5.69 Å². The number of amides is 2. The van der Waals surface area contributed by atoms with Crippen molar-refractivity contribution in [2.75, 3.05) is 28.3 Å². The fraction of sp³-hybridized carbons (Fsp3) is 0.450. The first-order valence-corrected chi connectivity index (χ1v) is 9.97. The SMILES string of the molecule is Cc1ccc(C)c(N2N=C(C(=O)Nc3nc(N4CCCCC4)n[nH]3)CCC2=O)c1. The fourth-order valence-corrected chi connectivity index (χ4v) is 3.58. The van der Waals surface area contributed by atoms with E-state index >= 15 is 0 Å². The van der Waals surface area contributed by atoms with Gasteiger partial charge < -0.3 is 4.90 Å². The van der Waals surface area contributed by atoms with Crippen LogP contribution in [0, 0.1) is 13.8 Å². The Labute approximate surface area is 169 Å². The molecule has 3 heterocycles. The highest BCUT2D eigenvalue weighted by Crippen LogP contribution is 2.25. The number of hydrogen-bond donors (Lipinski definition) is 2. The molecule has 0 saturated carbocycles. The molecule has 0 aliphatic carbocycles. The molecule has 9 heteroatoms. The van der Waals surface area contributed by atoms with Crippen LogP contribution in [0.3, 0.4) is 0 Å². The van der Waals surface area contributed by atoms with Crippen LogP contribution in [0.2, 0.25) is 0 Å². The molecular formula is C20H25N7O2. The van der Waals surface area contributed by atoms with E-state index in [4.69, 9.17) is 0 Å². The monoisotopic (exact) mass is 395 g/mol. The van der Waals surface area contributed by atoms with E-state index in [1.807, 2.05) is 32.0 Å². The number of rotatable bonds is 4. The van der Waals surface area contributed by atoms with Crippen LogP contribution in [0.25, 0.3) is 0 Å². The van der Waals surface area contributed by atoms with Gasteiger partial charge in [-0.05, 0) is 50.3 Å². The van der Waals surface area contributed by atoms with Crippen molar-refractivity contribution < 1.29 is 9.59 Å². The Kier molecular flexibility index (Phi) is 5.28. The van der Waals surface area contributed by atoms with E-state index in [2.05, 4.69) is 30.5 Å². The first kappa shape index (κ1) is 19.1. The predicted molar refractivity (Wildman–Crippen MR) is 111 cm³/mol. The first-order chi connectivity index (χ1) is 14.0. The number of benzene rings is 1. The molecule has 1 aromatic heterocycles. The summed E-state index contributed by atoms with van der Waals surface area (Å²) in [5.41, 5.74) is 2.95. The van der Waals surface area contributed by atoms with Gasteiger partial charge in [0.1, 0.15) is 5.71 Å².